The molecule has 70 valence electrons. The number of aryl methyl sites for hydroxylation is 1. The number of carboxylic acids is 1. The van der Waals surface area contributed by atoms with Gasteiger partial charge in [0.15, 0.2) is 0 Å². The number of carbonyl (C=O) groups is 1. The Bertz CT molecular complexity index is 280. The Morgan fingerprint density at radius 3 is 2.46 bits per heavy atom. The highest BCUT2D eigenvalue weighted by Crippen LogP contribution is 1.96. The molecule has 0 saturated heterocycles. The molecule has 0 aromatic carbocycles. The molecule has 4 heteroatoms. The predicted octanol–water partition coefficient (Wildman–Crippen LogP) is 1.23. The third-order valence-electron chi connectivity index (χ3n) is 1.08. The quantitative estimate of drug-likeness (QED) is 0.637. The summed E-state index contributed by atoms with van der Waals surface area (Å²) in [7, 11) is 0. The highest BCUT2D eigenvalue weighted by Gasteiger charge is 1.82. The molecule has 13 heavy (non-hydrogen) atoms. The minimum Gasteiger partial charge on any atom is -0.478 e. The van der Waals surface area contributed by atoms with Crippen molar-refractivity contribution in [2.45, 2.75) is 6.92 Å². The van der Waals surface area contributed by atoms with E-state index in [4.69, 9.17) is 10.8 Å². The zero-order chi connectivity index (χ0) is 10.3. The highest BCUT2D eigenvalue weighted by molar-refractivity contribution is 5.78. The van der Waals surface area contributed by atoms with Crippen LogP contribution in [0.5, 0.6) is 0 Å². The average molecular weight is 180 g/mol. The standard InChI is InChI=1S/C6H8N2.C3H4O2/c1-5-3-2-4-6(7)8-5;1-2-3(4)5/h2-4H,1H3,(H2,7,8);2H,1H2,(H,4,5). The van der Waals surface area contributed by atoms with E-state index in [2.05, 4.69) is 11.6 Å². The van der Waals surface area contributed by atoms with E-state index >= 15 is 0 Å². The molecule has 1 rings (SSSR count). The van der Waals surface area contributed by atoms with Crippen molar-refractivity contribution in [2.24, 2.45) is 0 Å². The van der Waals surface area contributed by atoms with E-state index in [0.717, 1.165) is 11.8 Å². The SMILES string of the molecule is C=CC(=O)O.Cc1cccc(N)n1. The molecule has 0 fully saturated rings. The van der Waals surface area contributed by atoms with E-state index in [9.17, 15) is 4.79 Å². The monoisotopic (exact) mass is 180 g/mol. The number of nitrogens with two attached hydrogens (primary N) is 1. The van der Waals surface area contributed by atoms with Crippen molar-refractivity contribution < 1.29 is 9.90 Å². The van der Waals surface area contributed by atoms with Gasteiger partial charge in [-0.2, -0.15) is 0 Å². The lowest BCUT2D eigenvalue weighted by Crippen LogP contribution is -1.89. The van der Waals surface area contributed by atoms with Crippen LogP contribution >= 0.6 is 0 Å². The summed E-state index contributed by atoms with van der Waals surface area (Å²) in [6, 6.07) is 5.57. The van der Waals surface area contributed by atoms with Crippen molar-refractivity contribution in [3.8, 4) is 0 Å². The first kappa shape index (κ1) is 11.2. The van der Waals surface area contributed by atoms with Crippen LogP contribution in [0, 0.1) is 6.92 Å². The fraction of sp³-hybridized carbons (Fsp3) is 0.111. The Balaban J connectivity index is 0.000000252. The molecule has 1 aromatic rings. The molecule has 3 N–H and O–H groups in total. The minimum absolute atomic E-state index is 0.588. The maximum atomic E-state index is 9.25. The Kier molecular flexibility index (Phi) is 4.95. The summed E-state index contributed by atoms with van der Waals surface area (Å²) >= 11 is 0. The van der Waals surface area contributed by atoms with Gasteiger partial charge in [-0.3, -0.25) is 0 Å². The number of pyridine rings is 1. The largest absolute Gasteiger partial charge is 0.478 e. The minimum atomic E-state index is -0.981. The Morgan fingerprint density at radius 1 is 1.69 bits per heavy atom. The summed E-state index contributed by atoms with van der Waals surface area (Å²) in [6.07, 6.45) is 0.833. The number of aliphatic carboxylic acids is 1. The highest BCUT2D eigenvalue weighted by atomic mass is 16.4. The second-order valence-corrected chi connectivity index (χ2v) is 2.25. The van der Waals surface area contributed by atoms with Crippen molar-refractivity contribution >= 4 is 11.8 Å². The van der Waals surface area contributed by atoms with Gasteiger partial charge in [-0.15, -0.1) is 0 Å². The average Bonchev–Trinajstić information content (AvgIpc) is 2.05. The predicted molar refractivity (Wildman–Crippen MR) is 51.2 cm³/mol. The third kappa shape index (κ3) is 6.55. The number of carboxylic acid groups (broad SMARTS) is 1. The molecule has 4 nitrogen and oxygen atoms in total. The van der Waals surface area contributed by atoms with Crippen molar-refractivity contribution in [1.82, 2.24) is 4.98 Å². The van der Waals surface area contributed by atoms with Gasteiger partial charge in [0.2, 0.25) is 0 Å². The van der Waals surface area contributed by atoms with E-state index in [-0.39, 0.29) is 0 Å². The number of nitrogens with zero attached hydrogens (tertiary/aromatic N) is 1. The Hall–Kier alpha value is -1.84. The number of hydrogen-bond donors (Lipinski definition) is 2. The summed E-state index contributed by atoms with van der Waals surface area (Å²) < 4.78 is 0. The van der Waals surface area contributed by atoms with Gasteiger partial charge in [0, 0.05) is 11.8 Å². The van der Waals surface area contributed by atoms with Crippen molar-refractivity contribution in [3.05, 3.63) is 36.5 Å². The molecule has 0 aliphatic rings. The zero-order valence-corrected chi connectivity index (χ0v) is 7.40. The first-order chi connectivity index (χ1) is 6.06. The summed E-state index contributed by atoms with van der Waals surface area (Å²) in [5.41, 5.74) is 6.31. The van der Waals surface area contributed by atoms with Crippen LogP contribution in [0.1, 0.15) is 5.69 Å². The summed E-state index contributed by atoms with van der Waals surface area (Å²) in [5.74, 6) is -0.394. The second kappa shape index (κ2) is 5.77. The molecular weight excluding hydrogens is 168 g/mol. The maximum Gasteiger partial charge on any atom is 0.327 e. The number of aromatic nitrogens is 1. The molecule has 0 unspecified atom stereocenters. The van der Waals surface area contributed by atoms with Crippen LogP contribution in [0.25, 0.3) is 0 Å². The lowest BCUT2D eigenvalue weighted by molar-refractivity contribution is -0.131. The lowest BCUT2D eigenvalue weighted by atomic mass is 10.4. The number of rotatable bonds is 1. The van der Waals surface area contributed by atoms with Gasteiger partial charge in [0.1, 0.15) is 5.82 Å². The molecule has 0 saturated carbocycles. The normalized spacial score (nSPS) is 8.08. The second-order valence-electron chi connectivity index (χ2n) is 2.25. The van der Waals surface area contributed by atoms with Gasteiger partial charge in [0.25, 0.3) is 0 Å². The fourth-order valence-corrected chi connectivity index (χ4v) is 0.564. The number of hydrogen-bond acceptors (Lipinski definition) is 3. The molecule has 0 bridgehead atoms. The maximum absolute atomic E-state index is 9.25. The van der Waals surface area contributed by atoms with E-state index < -0.39 is 5.97 Å². The van der Waals surface area contributed by atoms with Crippen LogP contribution in [0.2, 0.25) is 0 Å². The molecule has 1 aromatic heterocycles. The molecular formula is C9H12N2O2. The van der Waals surface area contributed by atoms with Crippen LogP contribution in [0.4, 0.5) is 5.82 Å². The van der Waals surface area contributed by atoms with Crippen LogP contribution in [-0.4, -0.2) is 16.1 Å². The first-order valence-electron chi connectivity index (χ1n) is 3.60. The van der Waals surface area contributed by atoms with Gasteiger partial charge in [-0.25, -0.2) is 9.78 Å². The Labute approximate surface area is 76.7 Å². The smallest absolute Gasteiger partial charge is 0.327 e. The van der Waals surface area contributed by atoms with Gasteiger partial charge in [0.05, 0.1) is 0 Å². The van der Waals surface area contributed by atoms with Crippen molar-refractivity contribution in [3.63, 3.8) is 0 Å². The van der Waals surface area contributed by atoms with E-state index in [1.807, 2.05) is 19.1 Å². The fourth-order valence-electron chi connectivity index (χ4n) is 0.564. The molecule has 0 aliphatic carbocycles. The molecule has 0 spiro atoms. The van der Waals surface area contributed by atoms with Crippen molar-refractivity contribution in [1.29, 1.82) is 0 Å². The van der Waals surface area contributed by atoms with Crippen molar-refractivity contribution in [2.75, 3.05) is 5.73 Å². The number of anilines is 1. The number of nitrogen functional groups attached to an aromatic ring is 1. The van der Waals surface area contributed by atoms with Crippen LogP contribution in [0.3, 0.4) is 0 Å². The molecule has 1 heterocycles. The third-order valence-corrected chi connectivity index (χ3v) is 1.08. The Morgan fingerprint density at radius 2 is 2.23 bits per heavy atom. The molecule has 0 atom stereocenters. The van der Waals surface area contributed by atoms with Gasteiger partial charge in [-0.1, -0.05) is 12.6 Å². The molecule has 0 aliphatic heterocycles. The molecule has 0 radical (unpaired) electrons. The zero-order valence-electron chi connectivity index (χ0n) is 7.40. The van der Waals surface area contributed by atoms with E-state index in [1.54, 1.807) is 6.07 Å². The lowest BCUT2D eigenvalue weighted by Gasteiger charge is -1.90. The van der Waals surface area contributed by atoms with E-state index in [1.165, 1.54) is 0 Å². The van der Waals surface area contributed by atoms with Crippen LogP contribution in [-0.2, 0) is 4.79 Å². The van der Waals surface area contributed by atoms with Gasteiger partial charge >= 0.3 is 5.97 Å². The summed E-state index contributed by atoms with van der Waals surface area (Å²) in [5, 5.41) is 7.60. The van der Waals surface area contributed by atoms with Gasteiger partial charge < -0.3 is 10.8 Å². The summed E-state index contributed by atoms with van der Waals surface area (Å²) in [4.78, 5) is 13.2. The molecule has 0 amide bonds. The first-order valence-corrected chi connectivity index (χ1v) is 3.60. The van der Waals surface area contributed by atoms with Gasteiger partial charge in [-0.05, 0) is 19.1 Å². The topological polar surface area (TPSA) is 76.2 Å². The van der Waals surface area contributed by atoms with E-state index in [0.29, 0.717) is 5.82 Å². The van der Waals surface area contributed by atoms with Crippen LogP contribution in [0.15, 0.2) is 30.9 Å². The van der Waals surface area contributed by atoms with Crippen LogP contribution < -0.4 is 5.73 Å². The summed E-state index contributed by atoms with van der Waals surface area (Å²) in [6.45, 7) is 4.87.